The summed E-state index contributed by atoms with van der Waals surface area (Å²) in [7, 11) is 0. The fourth-order valence-corrected chi connectivity index (χ4v) is 1.87. The second kappa shape index (κ2) is 7.88. The molecular formula is C15H20ClN. The first-order chi connectivity index (χ1) is 7.36. The number of halogens is 1. The summed E-state index contributed by atoms with van der Waals surface area (Å²) in [4.78, 5) is 0. The van der Waals surface area contributed by atoms with Crippen molar-refractivity contribution in [2.45, 2.75) is 19.3 Å². The zero-order valence-corrected chi connectivity index (χ0v) is 11.0. The lowest BCUT2D eigenvalue weighted by atomic mass is 9.94. The SMILES string of the molecule is CC(Cc1ccccc1)c1ccccc1.Cl.N. The van der Waals surface area contributed by atoms with Crippen molar-refractivity contribution in [1.82, 2.24) is 6.15 Å². The predicted molar refractivity (Wildman–Crippen MR) is 77.3 cm³/mol. The van der Waals surface area contributed by atoms with Gasteiger partial charge >= 0.3 is 0 Å². The molecule has 92 valence electrons. The molecule has 2 rings (SSSR count). The van der Waals surface area contributed by atoms with Crippen molar-refractivity contribution in [2.75, 3.05) is 0 Å². The van der Waals surface area contributed by atoms with Crippen LogP contribution < -0.4 is 6.15 Å². The van der Waals surface area contributed by atoms with Gasteiger partial charge in [0.2, 0.25) is 0 Å². The van der Waals surface area contributed by atoms with Gasteiger partial charge in [-0.3, -0.25) is 0 Å². The summed E-state index contributed by atoms with van der Waals surface area (Å²) in [5.74, 6) is 0.591. The first-order valence-corrected chi connectivity index (χ1v) is 5.45. The fraction of sp³-hybridized carbons (Fsp3) is 0.200. The van der Waals surface area contributed by atoms with Gasteiger partial charge in [-0.1, -0.05) is 67.6 Å². The van der Waals surface area contributed by atoms with Gasteiger partial charge in [0.05, 0.1) is 0 Å². The second-order valence-electron chi connectivity index (χ2n) is 4.00. The lowest BCUT2D eigenvalue weighted by Gasteiger charge is -2.11. The molecule has 2 aromatic rings. The lowest BCUT2D eigenvalue weighted by Crippen LogP contribution is -1.97. The maximum Gasteiger partial charge on any atom is -0.0150 e. The molecule has 17 heavy (non-hydrogen) atoms. The zero-order valence-electron chi connectivity index (χ0n) is 10.2. The molecule has 0 aliphatic heterocycles. The van der Waals surface area contributed by atoms with Crippen LogP contribution >= 0.6 is 12.4 Å². The highest BCUT2D eigenvalue weighted by Crippen LogP contribution is 2.19. The molecule has 2 aromatic carbocycles. The zero-order chi connectivity index (χ0) is 10.5. The second-order valence-corrected chi connectivity index (χ2v) is 4.00. The van der Waals surface area contributed by atoms with Gasteiger partial charge in [0.25, 0.3) is 0 Å². The van der Waals surface area contributed by atoms with Gasteiger partial charge < -0.3 is 6.15 Å². The van der Waals surface area contributed by atoms with Crippen LogP contribution in [-0.2, 0) is 6.42 Å². The molecule has 0 heterocycles. The summed E-state index contributed by atoms with van der Waals surface area (Å²) in [6.45, 7) is 2.28. The van der Waals surface area contributed by atoms with Gasteiger partial charge in [0.15, 0.2) is 0 Å². The van der Waals surface area contributed by atoms with Crippen molar-refractivity contribution >= 4 is 12.4 Å². The molecule has 0 saturated heterocycles. The molecule has 3 N–H and O–H groups in total. The molecule has 1 nitrogen and oxygen atoms in total. The Hall–Kier alpha value is -1.31. The summed E-state index contributed by atoms with van der Waals surface area (Å²) in [6.07, 6.45) is 1.12. The lowest BCUT2D eigenvalue weighted by molar-refractivity contribution is 0.759. The highest BCUT2D eigenvalue weighted by Gasteiger charge is 2.04. The van der Waals surface area contributed by atoms with Crippen LogP contribution in [0.1, 0.15) is 24.0 Å². The quantitative estimate of drug-likeness (QED) is 0.847. The summed E-state index contributed by atoms with van der Waals surface area (Å²) in [6, 6.07) is 21.4. The van der Waals surface area contributed by atoms with Crippen LogP contribution in [0.3, 0.4) is 0 Å². The Balaban J connectivity index is 0.00000128. The number of hydrogen-bond acceptors (Lipinski definition) is 1. The van der Waals surface area contributed by atoms with E-state index in [0.29, 0.717) is 5.92 Å². The van der Waals surface area contributed by atoms with Crippen molar-refractivity contribution < 1.29 is 0 Å². The van der Waals surface area contributed by atoms with Gasteiger partial charge in [-0.25, -0.2) is 0 Å². The third-order valence-electron chi connectivity index (χ3n) is 2.75. The molecule has 0 fully saturated rings. The number of hydrogen-bond donors (Lipinski definition) is 1. The van der Waals surface area contributed by atoms with E-state index in [-0.39, 0.29) is 18.6 Å². The molecule has 0 aliphatic rings. The van der Waals surface area contributed by atoms with E-state index in [1.807, 2.05) is 0 Å². The van der Waals surface area contributed by atoms with E-state index in [2.05, 4.69) is 67.6 Å². The van der Waals surface area contributed by atoms with Crippen LogP contribution in [0.4, 0.5) is 0 Å². The van der Waals surface area contributed by atoms with E-state index in [1.54, 1.807) is 0 Å². The van der Waals surface area contributed by atoms with Crippen molar-refractivity contribution in [3.05, 3.63) is 71.8 Å². The number of rotatable bonds is 3. The van der Waals surface area contributed by atoms with Crippen LogP contribution in [0, 0.1) is 0 Å². The van der Waals surface area contributed by atoms with Gasteiger partial charge in [-0.05, 0) is 23.5 Å². The molecule has 2 heteroatoms. The fourth-order valence-electron chi connectivity index (χ4n) is 1.87. The normalized spacial score (nSPS) is 10.9. The number of benzene rings is 2. The minimum absolute atomic E-state index is 0. The average molecular weight is 250 g/mol. The van der Waals surface area contributed by atoms with E-state index in [4.69, 9.17) is 0 Å². The maximum absolute atomic E-state index is 2.28. The first kappa shape index (κ1) is 15.7. The summed E-state index contributed by atoms with van der Waals surface area (Å²) in [5.41, 5.74) is 2.83. The van der Waals surface area contributed by atoms with Crippen molar-refractivity contribution in [3.63, 3.8) is 0 Å². The van der Waals surface area contributed by atoms with Gasteiger partial charge in [-0.15, -0.1) is 12.4 Å². The van der Waals surface area contributed by atoms with E-state index < -0.39 is 0 Å². The monoisotopic (exact) mass is 249 g/mol. The van der Waals surface area contributed by atoms with E-state index in [1.165, 1.54) is 11.1 Å². The molecule has 1 atom stereocenters. The van der Waals surface area contributed by atoms with E-state index >= 15 is 0 Å². The molecule has 0 aromatic heterocycles. The Bertz CT molecular complexity index is 400. The van der Waals surface area contributed by atoms with Gasteiger partial charge in [0, 0.05) is 0 Å². The van der Waals surface area contributed by atoms with Crippen LogP contribution in [0.15, 0.2) is 60.7 Å². The molecule has 0 spiro atoms. The Morgan fingerprint density at radius 1 is 0.824 bits per heavy atom. The predicted octanol–water partition coefficient (Wildman–Crippen LogP) is 4.62. The third kappa shape index (κ3) is 4.59. The highest BCUT2D eigenvalue weighted by molar-refractivity contribution is 5.85. The van der Waals surface area contributed by atoms with Crippen LogP contribution in [-0.4, -0.2) is 0 Å². The van der Waals surface area contributed by atoms with E-state index in [9.17, 15) is 0 Å². The summed E-state index contributed by atoms with van der Waals surface area (Å²) >= 11 is 0. The Morgan fingerprint density at radius 3 is 1.82 bits per heavy atom. The van der Waals surface area contributed by atoms with Crippen LogP contribution in [0.5, 0.6) is 0 Å². The smallest absolute Gasteiger partial charge is 0.0150 e. The highest BCUT2D eigenvalue weighted by atomic mass is 35.5. The molecule has 0 radical (unpaired) electrons. The summed E-state index contributed by atoms with van der Waals surface area (Å²) in [5, 5.41) is 0. The van der Waals surface area contributed by atoms with Crippen molar-refractivity contribution in [1.29, 1.82) is 0 Å². The standard InChI is InChI=1S/C15H16.ClH.H3N/c1-13(15-10-6-3-7-11-15)12-14-8-4-2-5-9-14;;/h2-11,13H,12H2,1H3;1H;1H3. The third-order valence-corrected chi connectivity index (χ3v) is 2.75. The molecule has 0 amide bonds. The van der Waals surface area contributed by atoms with Crippen LogP contribution in [0.2, 0.25) is 0 Å². The van der Waals surface area contributed by atoms with Crippen LogP contribution in [0.25, 0.3) is 0 Å². The van der Waals surface area contributed by atoms with E-state index in [0.717, 1.165) is 6.42 Å². The molecule has 0 bridgehead atoms. The average Bonchev–Trinajstić information content (AvgIpc) is 2.31. The Kier molecular flexibility index (Phi) is 7.27. The molecule has 0 aliphatic carbocycles. The largest absolute Gasteiger partial charge is 0.344 e. The Labute approximate surface area is 110 Å². The summed E-state index contributed by atoms with van der Waals surface area (Å²) < 4.78 is 0. The first-order valence-electron chi connectivity index (χ1n) is 5.45. The van der Waals surface area contributed by atoms with Crippen molar-refractivity contribution in [3.8, 4) is 0 Å². The Morgan fingerprint density at radius 2 is 1.29 bits per heavy atom. The molecule has 0 saturated carbocycles. The maximum atomic E-state index is 2.28. The minimum atomic E-state index is 0. The molecule has 1 unspecified atom stereocenters. The topological polar surface area (TPSA) is 35.0 Å². The van der Waals surface area contributed by atoms with Gasteiger partial charge in [-0.2, -0.15) is 0 Å². The van der Waals surface area contributed by atoms with Crippen molar-refractivity contribution in [2.24, 2.45) is 0 Å². The molecular weight excluding hydrogens is 230 g/mol. The minimum Gasteiger partial charge on any atom is -0.344 e. The van der Waals surface area contributed by atoms with Gasteiger partial charge in [0.1, 0.15) is 0 Å².